The number of halogens is 6. The summed E-state index contributed by atoms with van der Waals surface area (Å²) in [4.78, 5) is 27.5. The lowest BCUT2D eigenvalue weighted by Crippen LogP contribution is -2.42. The van der Waals surface area contributed by atoms with E-state index in [-0.39, 0.29) is 29.7 Å². The third kappa shape index (κ3) is 7.05. The second-order valence-corrected chi connectivity index (χ2v) is 11.1. The molecule has 0 aliphatic carbocycles. The second kappa shape index (κ2) is 12.8. The number of carbonyl (C=O) groups excluding carboxylic acids is 2. The molecule has 1 aliphatic heterocycles. The molecule has 1 aliphatic rings. The maximum Gasteiger partial charge on any atom is 0.417 e. The minimum absolute atomic E-state index is 0.0824. The van der Waals surface area contributed by atoms with Gasteiger partial charge in [-0.15, -0.1) is 0 Å². The Hall–Kier alpha value is -4.60. The quantitative estimate of drug-likeness (QED) is 0.184. The fourth-order valence-electron chi connectivity index (χ4n) is 5.84. The molecule has 0 bridgehead atoms. The van der Waals surface area contributed by atoms with Crippen molar-refractivity contribution in [3.63, 3.8) is 0 Å². The lowest BCUT2D eigenvalue weighted by Gasteiger charge is -2.28. The Morgan fingerprint density at radius 2 is 1.13 bits per heavy atom. The lowest BCUT2D eigenvalue weighted by molar-refractivity contribution is -0.141. The molecule has 4 aromatic rings. The summed E-state index contributed by atoms with van der Waals surface area (Å²) < 4.78 is 93.2. The van der Waals surface area contributed by atoms with E-state index in [1.807, 2.05) is 18.2 Å². The number of imide groups is 1. The molecule has 1 fully saturated rings. The van der Waals surface area contributed by atoms with Crippen molar-refractivity contribution in [2.24, 2.45) is 0 Å². The van der Waals surface area contributed by atoms with E-state index in [1.165, 1.54) is 67.6 Å². The topological polar surface area (TPSA) is 46.6 Å². The van der Waals surface area contributed by atoms with Crippen molar-refractivity contribution in [1.82, 2.24) is 4.90 Å². The Bertz CT molecular complexity index is 1550. The van der Waals surface area contributed by atoms with Crippen molar-refractivity contribution in [3.05, 3.63) is 143 Å². The van der Waals surface area contributed by atoms with Gasteiger partial charge >= 0.3 is 18.4 Å². The van der Waals surface area contributed by atoms with Crippen LogP contribution in [-0.4, -0.2) is 41.9 Å². The highest BCUT2D eigenvalue weighted by Gasteiger charge is 2.46. The fourth-order valence-corrected chi connectivity index (χ4v) is 5.84. The van der Waals surface area contributed by atoms with E-state index in [9.17, 15) is 35.9 Å². The Morgan fingerprint density at radius 3 is 1.58 bits per heavy atom. The molecule has 4 nitrogen and oxygen atoms in total. The van der Waals surface area contributed by atoms with E-state index in [1.54, 1.807) is 12.1 Å². The molecule has 2 amide bonds. The summed E-state index contributed by atoms with van der Waals surface area (Å²) in [6.45, 7) is 1.28. The number of carbonyl (C=O) groups is 2. The van der Waals surface area contributed by atoms with Crippen LogP contribution in [0.25, 0.3) is 0 Å². The SMILES string of the molecule is CC(C(=O)N1C(=O)OCC1Cc1ccccc1)c1cc(C(c2ccccc2)C(F)(F)F)cc(C(c2ccccc2)C(F)(F)F)c1. The van der Waals surface area contributed by atoms with E-state index in [0.29, 0.717) is 0 Å². The van der Waals surface area contributed by atoms with Crippen molar-refractivity contribution >= 4 is 12.0 Å². The summed E-state index contributed by atoms with van der Waals surface area (Å²) in [6, 6.07) is 25.2. The molecule has 4 atom stereocenters. The Labute approximate surface area is 256 Å². The Balaban J connectivity index is 1.63. The van der Waals surface area contributed by atoms with Crippen LogP contribution < -0.4 is 0 Å². The number of hydrogen-bond acceptors (Lipinski definition) is 3. The summed E-state index contributed by atoms with van der Waals surface area (Å²) in [6.07, 6.45) is -10.4. The minimum Gasteiger partial charge on any atom is -0.447 e. The lowest BCUT2D eigenvalue weighted by atomic mass is 9.82. The highest BCUT2D eigenvalue weighted by Crippen LogP contribution is 2.45. The zero-order chi connectivity index (χ0) is 32.4. The van der Waals surface area contributed by atoms with Crippen molar-refractivity contribution in [2.45, 2.75) is 49.5 Å². The number of ether oxygens (including phenoxy) is 1. The van der Waals surface area contributed by atoms with E-state index in [2.05, 4.69) is 0 Å². The Kier molecular flexibility index (Phi) is 9.04. The predicted octanol–water partition coefficient (Wildman–Crippen LogP) is 8.77. The second-order valence-electron chi connectivity index (χ2n) is 11.1. The molecule has 4 unspecified atom stereocenters. The molecule has 234 valence electrons. The van der Waals surface area contributed by atoms with Gasteiger partial charge in [0.1, 0.15) is 18.4 Å². The van der Waals surface area contributed by atoms with Gasteiger partial charge in [-0.05, 0) is 46.7 Å². The average molecular weight is 626 g/mol. The van der Waals surface area contributed by atoms with Crippen molar-refractivity contribution in [3.8, 4) is 0 Å². The van der Waals surface area contributed by atoms with Crippen LogP contribution in [-0.2, 0) is 16.0 Å². The van der Waals surface area contributed by atoms with Crippen LogP contribution in [0.5, 0.6) is 0 Å². The van der Waals surface area contributed by atoms with Gasteiger partial charge in [0, 0.05) is 0 Å². The van der Waals surface area contributed by atoms with E-state index in [4.69, 9.17) is 4.74 Å². The van der Waals surface area contributed by atoms with Crippen LogP contribution in [0.4, 0.5) is 31.1 Å². The number of amides is 2. The first-order valence-electron chi connectivity index (χ1n) is 14.3. The number of rotatable bonds is 8. The fraction of sp³-hybridized carbons (Fsp3) is 0.257. The minimum atomic E-state index is -4.87. The standard InChI is InChI=1S/C35H29F6NO3/c1-22(32(43)42-29(21-45-33(42)44)17-23-11-5-2-6-12-23)26-18-27(30(34(36,37)38)24-13-7-3-8-14-24)20-28(19-26)31(35(39,40)41)25-15-9-4-10-16-25/h2-16,18-20,22,29-31H,17,21H2,1H3. The number of benzene rings is 4. The first kappa shape index (κ1) is 31.8. The van der Waals surface area contributed by atoms with E-state index in [0.717, 1.165) is 28.7 Å². The van der Waals surface area contributed by atoms with Gasteiger partial charge in [0.25, 0.3) is 0 Å². The summed E-state index contributed by atoms with van der Waals surface area (Å²) in [7, 11) is 0. The summed E-state index contributed by atoms with van der Waals surface area (Å²) >= 11 is 0. The highest BCUT2D eigenvalue weighted by atomic mass is 19.4. The van der Waals surface area contributed by atoms with Crippen LogP contribution in [0.1, 0.15) is 58.1 Å². The van der Waals surface area contributed by atoms with Gasteiger partial charge in [0.15, 0.2) is 0 Å². The summed E-state index contributed by atoms with van der Waals surface area (Å²) in [5, 5.41) is 0. The van der Waals surface area contributed by atoms with Crippen molar-refractivity contribution < 1.29 is 40.7 Å². The molecule has 0 radical (unpaired) electrons. The molecular weight excluding hydrogens is 596 g/mol. The van der Waals surface area contributed by atoms with Crippen molar-refractivity contribution in [2.75, 3.05) is 6.61 Å². The Morgan fingerprint density at radius 1 is 0.711 bits per heavy atom. The van der Waals surface area contributed by atoms with Crippen LogP contribution in [0.3, 0.4) is 0 Å². The monoisotopic (exact) mass is 625 g/mol. The first-order valence-corrected chi connectivity index (χ1v) is 14.3. The van der Waals surface area contributed by atoms with Gasteiger partial charge in [-0.3, -0.25) is 4.79 Å². The smallest absolute Gasteiger partial charge is 0.417 e. The molecule has 5 rings (SSSR count). The normalized spacial score (nSPS) is 17.4. The van der Waals surface area contributed by atoms with Gasteiger partial charge in [-0.1, -0.05) is 109 Å². The first-order chi connectivity index (χ1) is 21.3. The maximum absolute atomic E-state index is 14.7. The largest absolute Gasteiger partial charge is 0.447 e. The molecule has 45 heavy (non-hydrogen) atoms. The summed E-state index contributed by atoms with van der Waals surface area (Å²) in [5.74, 6) is -6.60. The molecule has 10 heteroatoms. The van der Waals surface area contributed by atoms with Crippen LogP contribution in [0.2, 0.25) is 0 Å². The number of alkyl halides is 6. The molecule has 0 N–H and O–H groups in total. The zero-order valence-corrected chi connectivity index (χ0v) is 24.1. The zero-order valence-electron chi connectivity index (χ0n) is 24.1. The van der Waals surface area contributed by atoms with Gasteiger partial charge in [-0.2, -0.15) is 26.3 Å². The van der Waals surface area contributed by atoms with Gasteiger partial charge < -0.3 is 4.74 Å². The molecule has 4 aromatic carbocycles. The molecule has 1 heterocycles. The van der Waals surface area contributed by atoms with E-state index >= 15 is 0 Å². The number of cyclic esters (lactones) is 1. The highest BCUT2D eigenvalue weighted by molar-refractivity contribution is 5.97. The van der Waals surface area contributed by atoms with E-state index < -0.39 is 59.3 Å². The van der Waals surface area contributed by atoms with Crippen LogP contribution in [0, 0.1) is 0 Å². The maximum atomic E-state index is 14.7. The van der Waals surface area contributed by atoms with Crippen molar-refractivity contribution in [1.29, 1.82) is 0 Å². The average Bonchev–Trinajstić information content (AvgIpc) is 3.36. The van der Waals surface area contributed by atoms with Crippen LogP contribution in [0.15, 0.2) is 109 Å². The number of hydrogen-bond donors (Lipinski definition) is 0. The van der Waals surface area contributed by atoms with Gasteiger partial charge in [-0.25, -0.2) is 9.69 Å². The molecule has 0 aromatic heterocycles. The third-order valence-electron chi connectivity index (χ3n) is 7.97. The molecule has 0 spiro atoms. The summed E-state index contributed by atoms with van der Waals surface area (Å²) in [5.41, 5.74) is -0.488. The molecular formula is C35H29F6NO3. The number of nitrogens with zero attached hydrogens (tertiary/aromatic N) is 1. The molecule has 0 saturated carbocycles. The van der Waals surface area contributed by atoms with Crippen LogP contribution >= 0.6 is 0 Å². The third-order valence-corrected chi connectivity index (χ3v) is 7.97. The van der Waals surface area contributed by atoms with Gasteiger partial charge in [0.05, 0.1) is 12.0 Å². The predicted molar refractivity (Wildman–Crippen MR) is 156 cm³/mol. The van der Waals surface area contributed by atoms with Gasteiger partial charge in [0.2, 0.25) is 5.91 Å². The molecule has 1 saturated heterocycles.